The molecule has 1 aromatic rings. The summed E-state index contributed by atoms with van der Waals surface area (Å²) < 4.78 is 0. The second-order valence-corrected chi connectivity index (χ2v) is 3.98. The smallest absolute Gasteiger partial charge is 0.103 e. The zero-order valence-corrected chi connectivity index (χ0v) is 10.4. The van der Waals surface area contributed by atoms with Crippen molar-refractivity contribution in [1.82, 2.24) is 0 Å². The first-order valence-electron chi connectivity index (χ1n) is 5.25. The molecule has 0 bridgehead atoms. The molecule has 0 radical (unpaired) electrons. The van der Waals surface area contributed by atoms with Crippen LogP contribution in [0.3, 0.4) is 0 Å². The van der Waals surface area contributed by atoms with Gasteiger partial charge >= 0.3 is 0 Å². The second kappa shape index (κ2) is 5.12. The molecule has 82 valence electrons. The molecule has 3 heteroatoms. The molecule has 0 unspecified atom stereocenters. The predicted molar refractivity (Wildman–Crippen MR) is 70.6 cm³/mol. The maximum atomic E-state index is 5.59. The Bertz CT molecular complexity index is 357. The molecule has 0 spiro atoms. The van der Waals surface area contributed by atoms with Crippen molar-refractivity contribution < 1.29 is 0 Å². The van der Waals surface area contributed by atoms with Gasteiger partial charge < -0.3 is 10.6 Å². The Hall–Kier alpha value is -1.09. The third-order valence-electron chi connectivity index (χ3n) is 2.59. The van der Waals surface area contributed by atoms with Gasteiger partial charge in [-0.25, -0.2) is 0 Å². The van der Waals surface area contributed by atoms with Crippen LogP contribution >= 0.6 is 12.2 Å². The molecule has 1 rings (SSSR count). The minimum absolute atomic E-state index is 0.462. The van der Waals surface area contributed by atoms with Crippen molar-refractivity contribution in [3.05, 3.63) is 29.3 Å². The Morgan fingerprint density at radius 1 is 1.33 bits per heavy atom. The molecule has 2 nitrogen and oxygen atoms in total. The zero-order valence-electron chi connectivity index (χ0n) is 9.58. The molecular weight excluding hydrogens is 204 g/mol. The minimum atomic E-state index is 0.462. The van der Waals surface area contributed by atoms with E-state index in [9.17, 15) is 0 Å². The first kappa shape index (κ1) is 12.0. The highest BCUT2D eigenvalue weighted by atomic mass is 32.1. The molecule has 2 N–H and O–H groups in total. The van der Waals surface area contributed by atoms with E-state index in [1.807, 2.05) is 6.07 Å². The van der Waals surface area contributed by atoms with E-state index in [-0.39, 0.29) is 0 Å². The Morgan fingerprint density at radius 3 is 2.33 bits per heavy atom. The summed E-state index contributed by atoms with van der Waals surface area (Å²) in [4.78, 5) is 2.78. The zero-order chi connectivity index (χ0) is 11.4. The maximum absolute atomic E-state index is 5.59. The van der Waals surface area contributed by atoms with Gasteiger partial charge in [-0.15, -0.1) is 0 Å². The van der Waals surface area contributed by atoms with Gasteiger partial charge in [0, 0.05) is 24.3 Å². The summed E-state index contributed by atoms with van der Waals surface area (Å²) in [5, 5.41) is 0. The lowest BCUT2D eigenvalue weighted by Crippen LogP contribution is -2.23. The summed E-state index contributed by atoms with van der Waals surface area (Å²) >= 11 is 4.95. The lowest BCUT2D eigenvalue weighted by atomic mass is 10.1. The molecule has 0 aliphatic heterocycles. The van der Waals surface area contributed by atoms with Crippen LogP contribution in [-0.2, 0) is 0 Å². The van der Waals surface area contributed by atoms with E-state index in [0.717, 1.165) is 18.7 Å². The average molecular weight is 222 g/mol. The Labute approximate surface area is 97.1 Å². The fraction of sp³-hybridized carbons (Fsp3) is 0.417. The van der Waals surface area contributed by atoms with Crippen LogP contribution in [0.5, 0.6) is 0 Å². The van der Waals surface area contributed by atoms with Crippen molar-refractivity contribution in [3.63, 3.8) is 0 Å². The minimum Gasteiger partial charge on any atom is -0.389 e. The van der Waals surface area contributed by atoms with Crippen LogP contribution in [0.15, 0.2) is 18.2 Å². The van der Waals surface area contributed by atoms with Crippen LogP contribution in [0.25, 0.3) is 0 Å². The lowest BCUT2D eigenvalue weighted by molar-refractivity contribution is 0.862. The highest BCUT2D eigenvalue weighted by Gasteiger charge is 2.06. The molecular formula is C12H18N2S. The summed E-state index contributed by atoms with van der Waals surface area (Å²) in [6.45, 7) is 8.44. The van der Waals surface area contributed by atoms with Crippen molar-refractivity contribution in [2.24, 2.45) is 5.73 Å². The second-order valence-electron chi connectivity index (χ2n) is 3.54. The van der Waals surface area contributed by atoms with Crippen molar-refractivity contribution in [2.45, 2.75) is 20.8 Å². The summed E-state index contributed by atoms with van der Waals surface area (Å²) in [5.74, 6) is 0. The highest BCUT2D eigenvalue weighted by Crippen LogP contribution is 2.20. The molecule has 15 heavy (non-hydrogen) atoms. The molecule has 0 aromatic heterocycles. The van der Waals surface area contributed by atoms with E-state index in [1.54, 1.807) is 0 Å². The molecule has 0 saturated heterocycles. The summed E-state index contributed by atoms with van der Waals surface area (Å²) in [6, 6.07) is 6.13. The van der Waals surface area contributed by atoms with Crippen LogP contribution in [0.1, 0.15) is 25.0 Å². The van der Waals surface area contributed by atoms with Gasteiger partial charge in [0.15, 0.2) is 0 Å². The van der Waals surface area contributed by atoms with Gasteiger partial charge in [-0.1, -0.05) is 12.2 Å². The van der Waals surface area contributed by atoms with Gasteiger partial charge in [0.25, 0.3) is 0 Å². The summed E-state index contributed by atoms with van der Waals surface area (Å²) in [7, 11) is 0. The summed E-state index contributed by atoms with van der Waals surface area (Å²) in [5.41, 5.74) is 9.02. The van der Waals surface area contributed by atoms with E-state index in [4.69, 9.17) is 18.0 Å². The van der Waals surface area contributed by atoms with E-state index in [0.29, 0.717) is 4.99 Å². The van der Waals surface area contributed by atoms with Gasteiger partial charge in [-0.05, 0) is 44.5 Å². The molecule has 0 aliphatic carbocycles. The van der Waals surface area contributed by atoms with E-state index >= 15 is 0 Å². The largest absolute Gasteiger partial charge is 0.389 e. The normalized spacial score (nSPS) is 10.1. The Balaban J connectivity index is 3.07. The molecule has 0 amide bonds. The van der Waals surface area contributed by atoms with E-state index < -0.39 is 0 Å². The fourth-order valence-electron chi connectivity index (χ4n) is 1.73. The number of nitrogens with zero attached hydrogens (tertiary/aromatic N) is 1. The molecule has 0 fully saturated rings. The number of nitrogens with two attached hydrogens (primary N) is 1. The van der Waals surface area contributed by atoms with Gasteiger partial charge in [0.05, 0.1) is 0 Å². The van der Waals surface area contributed by atoms with Crippen LogP contribution < -0.4 is 10.6 Å². The first-order chi connectivity index (χ1) is 7.10. The summed E-state index contributed by atoms with van der Waals surface area (Å²) in [6.07, 6.45) is 0. The average Bonchev–Trinajstić information content (AvgIpc) is 2.21. The number of hydrogen-bond acceptors (Lipinski definition) is 2. The number of hydrogen-bond donors (Lipinski definition) is 1. The van der Waals surface area contributed by atoms with Crippen molar-refractivity contribution >= 4 is 22.9 Å². The third kappa shape index (κ3) is 2.69. The number of rotatable bonds is 4. The topological polar surface area (TPSA) is 29.3 Å². The Kier molecular flexibility index (Phi) is 4.09. The number of benzene rings is 1. The van der Waals surface area contributed by atoms with Crippen LogP contribution in [-0.4, -0.2) is 18.1 Å². The Morgan fingerprint density at radius 2 is 1.93 bits per heavy atom. The van der Waals surface area contributed by atoms with Gasteiger partial charge in [-0.3, -0.25) is 0 Å². The fourth-order valence-corrected chi connectivity index (χ4v) is 1.85. The van der Waals surface area contributed by atoms with Crippen LogP contribution in [0.4, 0.5) is 5.69 Å². The number of thiocarbonyl (C=S) groups is 1. The van der Waals surface area contributed by atoms with Gasteiger partial charge in [0.1, 0.15) is 4.99 Å². The molecule has 1 aromatic carbocycles. The first-order valence-corrected chi connectivity index (χ1v) is 5.66. The standard InChI is InChI=1S/C12H18N2S/c1-4-14(5-2)11-7-6-10(12(13)15)8-9(11)3/h6-8H,4-5H2,1-3H3,(H2,13,15). The SMILES string of the molecule is CCN(CC)c1ccc(C(N)=S)cc1C. The monoisotopic (exact) mass is 222 g/mol. The highest BCUT2D eigenvalue weighted by molar-refractivity contribution is 7.80. The molecule has 0 aliphatic rings. The van der Waals surface area contributed by atoms with Crippen LogP contribution in [0, 0.1) is 6.92 Å². The quantitative estimate of drug-likeness (QED) is 0.794. The van der Waals surface area contributed by atoms with Gasteiger partial charge in [-0.2, -0.15) is 0 Å². The van der Waals surface area contributed by atoms with Crippen LogP contribution in [0.2, 0.25) is 0 Å². The van der Waals surface area contributed by atoms with Crippen molar-refractivity contribution in [2.75, 3.05) is 18.0 Å². The van der Waals surface area contributed by atoms with Crippen molar-refractivity contribution in [3.8, 4) is 0 Å². The van der Waals surface area contributed by atoms with E-state index in [2.05, 4.69) is 37.8 Å². The van der Waals surface area contributed by atoms with E-state index in [1.165, 1.54) is 11.3 Å². The maximum Gasteiger partial charge on any atom is 0.103 e. The van der Waals surface area contributed by atoms with Crippen molar-refractivity contribution in [1.29, 1.82) is 0 Å². The number of aryl methyl sites for hydroxylation is 1. The van der Waals surface area contributed by atoms with Gasteiger partial charge in [0.2, 0.25) is 0 Å². The number of anilines is 1. The third-order valence-corrected chi connectivity index (χ3v) is 2.82. The lowest BCUT2D eigenvalue weighted by Gasteiger charge is -2.23. The molecule has 0 atom stereocenters. The molecule has 0 heterocycles. The predicted octanol–water partition coefficient (Wildman–Crippen LogP) is 2.48. The molecule has 0 saturated carbocycles.